The van der Waals surface area contributed by atoms with E-state index in [1.54, 1.807) is 43.3 Å². The van der Waals surface area contributed by atoms with E-state index in [1.165, 1.54) is 0 Å². The van der Waals surface area contributed by atoms with Gasteiger partial charge in [-0.25, -0.2) is 13.1 Å². The molecule has 2 amide bonds. The molecule has 8 heteroatoms. The highest BCUT2D eigenvalue weighted by Gasteiger charge is 2.21. The summed E-state index contributed by atoms with van der Waals surface area (Å²) in [5.74, 6) is -0.439. The van der Waals surface area contributed by atoms with Crippen LogP contribution in [-0.2, 0) is 14.8 Å². The molecule has 0 fully saturated rings. The van der Waals surface area contributed by atoms with Crippen LogP contribution in [0.1, 0.15) is 42.3 Å². The molecule has 2 aromatic rings. The molecule has 162 valence electrons. The Labute approximate surface area is 178 Å². The lowest BCUT2D eigenvalue weighted by Crippen LogP contribution is -2.35. The van der Waals surface area contributed by atoms with Crippen molar-refractivity contribution in [2.24, 2.45) is 5.41 Å². The average Bonchev–Trinajstić information content (AvgIpc) is 2.66. The van der Waals surface area contributed by atoms with Crippen molar-refractivity contribution in [2.75, 3.05) is 18.4 Å². The van der Waals surface area contributed by atoms with Gasteiger partial charge in [0.1, 0.15) is 0 Å². The maximum atomic E-state index is 12.5. The summed E-state index contributed by atoms with van der Waals surface area (Å²) < 4.78 is 27.4. The van der Waals surface area contributed by atoms with Gasteiger partial charge in [0.05, 0.1) is 4.90 Å². The van der Waals surface area contributed by atoms with Crippen molar-refractivity contribution in [3.63, 3.8) is 0 Å². The predicted molar refractivity (Wildman–Crippen MR) is 118 cm³/mol. The summed E-state index contributed by atoms with van der Waals surface area (Å²) in [6.07, 6.45) is 0. The maximum absolute atomic E-state index is 12.5. The Balaban J connectivity index is 1.87. The molecule has 0 saturated carbocycles. The molecule has 3 N–H and O–H groups in total. The Bertz CT molecular complexity index is 1020. The Hall–Kier alpha value is -2.71. The lowest BCUT2D eigenvalue weighted by atomic mass is 9.95. The standard InChI is InChI=1S/C22H29N3O4S/c1-15-6-7-16(2)19(14-15)30(28,29)24-13-12-23-20(26)17-8-10-18(11-9-17)25-21(27)22(3,4)5/h6-11,14,24H,12-13H2,1-5H3,(H,23,26)(H,25,27). The summed E-state index contributed by atoms with van der Waals surface area (Å²) in [5.41, 5.74) is 2.03. The summed E-state index contributed by atoms with van der Waals surface area (Å²) in [6.45, 7) is 9.24. The van der Waals surface area contributed by atoms with Gasteiger partial charge in [-0.3, -0.25) is 9.59 Å². The molecule has 0 heterocycles. The van der Waals surface area contributed by atoms with E-state index in [1.807, 2.05) is 33.8 Å². The number of aryl methyl sites for hydroxylation is 2. The molecule has 2 aromatic carbocycles. The number of amides is 2. The first-order valence-corrected chi connectivity index (χ1v) is 11.1. The fourth-order valence-corrected chi connectivity index (χ4v) is 3.92. The summed E-state index contributed by atoms with van der Waals surface area (Å²) in [5, 5.41) is 5.47. The molecule has 2 rings (SSSR count). The zero-order valence-corrected chi connectivity index (χ0v) is 18.8. The fraction of sp³-hybridized carbons (Fsp3) is 0.364. The van der Waals surface area contributed by atoms with Crippen LogP contribution in [0.3, 0.4) is 0 Å². The number of sulfonamides is 1. The third-order valence-corrected chi connectivity index (χ3v) is 6.02. The highest BCUT2D eigenvalue weighted by molar-refractivity contribution is 7.89. The molecule has 0 unspecified atom stereocenters. The van der Waals surface area contributed by atoms with Gasteiger partial charge in [-0.15, -0.1) is 0 Å². The van der Waals surface area contributed by atoms with Gasteiger partial charge in [0.2, 0.25) is 15.9 Å². The van der Waals surface area contributed by atoms with Crippen LogP contribution >= 0.6 is 0 Å². The van der Waals surface area contributed by atoms with Crippen LogP contribution in [0, 0.1) is 19.3 Å². The zero-order chi connectivity index (χ0) is 22.5. The van der Waals surface area contributed by atoms with Gasteiger partial charge < -0.3 is 10.6 Å². The van der Waals surface area contributed by atoms with E-state index in [2.05, 4.69) is 15.4 Å². The van der Waals surface area contributed by atoms with E-state index < -0.39 is 15.4 Å². The van der Waals surface area contributed by atoms with Gasteiger partial charge in [-0.1, -0.05) is 32.9 Å². The normalized spacial score (nSPS) is 11.8. The molecule has 30 heavy (non-hydrogen) atoms. The molecule has 0 spiro atoms. The molecular weight excluding hydrogens is 402 g/mol. The third-order valence-electron chi connectivity index (χ3n) is 4.42. The summed E-state index contributed by atoms with van der Waals surface area (Å²) >= 11 is 0. The second-order valence-corrected chi connectivity index (χ2v) is 9.94. The van der Waals surface area contributed by atoms with Crippen molar-refractivity contribution in [1.82, 2.24) is 10.0 Å². The van der Waals surface area contributed by atoms with E-state index in [-0.39, 0.29) is 29.8 Å². The van der Waals surface area contributed by atoms with Crippen LogP contribution in [0.4, 0.5) is 5.69 Å². The largest absolute Gasteiger partial charge is 0.351 e. The Kier molecular flexibility index (Phi) is 7.39. The monoisotopic (exact) mass is 431 g/mol. The minimum atomic E-state index is -3.65. The van der Waals surface area contributed by atoms with Crippen molar-refractivity contribution < 1.29 is 18.0 Å². The third kappa shape index (κ3) is 6.40. The van der Waals surface area contributed by atoms with Gasteiger partial charge in [0.15, 0.2) is 0 Å². The van der Waals surface area contributed by atoms with Gasteiger partial charge in [-0.05, 0) is 55.3 Å². The topological polar surface area (TPSA) is 104 Å². The second-order valence-electron chi connectivity index (χ2n) is 8.20. The Morgan fingerprint density at radius 2 is 1.57 bits per heavy atom. The number of carbonyl (C=O) groups excluding carboxylic acids is 2. The minimum absolute atomic E-state index is 0.0706. The number of carbonyl (C=O) groups is 2. The van der Waals surface area contributed by atoms with Gasteiger partial charge in [-0.2, -0.15) is 0 Å². The fourth-order valence-electron chi connectivity index (χ4n) is 2.56. The van der Waals surface area contributed by atoms with Crippen LogP contribution in [0.15, 0.2) is 47.4 Å². The Morgan fingerprint density at radius 3 is 2.17 bits per heavy atom. The Morgan fingerprint density at radius 1 is 0.933 bits per heavy atom. The first kappa shape index (κ1) is 23.6. The first-order valence-electron chi connectivity index (χ1n) is 9.67. The van der Waals surface area contributed by atoms with Crippen LogP contribution in [0.5, 0.6) is 0 Å². The number of anilines is 1. The second kappa shape index (κ2) is 9.40. The van der Waals surface area contributed by atoms with Gasteiger partial charge in [0, 0.05) is 29.8 Å². The number of benzene rings is 2. The quantitative estimate of drug-likeness (QED) is 0.586. The van der Waals surface area contributed by atoms with E-state index in [9.17, 15) is 18.0 Å². The van der Waals surface area contributed by atoms with Crippen molar-refractivity contribution in [1.29, 1.82) is 0 Å². The van der Waals surface area contributed by atoms with E-state index in [4.69, 9.17) is 0 Å². The van der Waals surface area contributed by atoms with E-state index in [0.717, 1.165) is 5.56 Å². The van der Waals surface area contributed by atoms with Crippen molar-refractivity contribution >= 4 is 27.5 Å². The molecule has 7 nitrogen and oxygen atoms in total. The van der Waals surface area contributed by atoms with Crippen LogP contribution in [0.2, 0.25) is 0 Å². The highest BCUT2D eigenvalue weighted by atomic mass is 32.2. The lowest BCUT2D eigenvalue weighted by Gasteiger charge is -2.17. The molecule has 0 aromatic heterocycles. The maximum Gasteiger partial charge on any atom is 0.251 e. The van der Waals surface area contributed by atoms with Crippen LogP contribution < -0.4 is 15.4 Å². The number of hydrogen-bond donors (Lipinski definition) is 3. The number of rotatable bonds is 7. The molecule has 0 atom stereocenters. The lowest BCUT2D eigenvalue weighted by molar-refractivity contribution is -0.123. The van der Waals surface area contributed by atoms with E-state index in [0.29, 0.717) is 16.8 Å². The van der Waals surface area contributed by atoms with Gasteiger partial charge in [0.25, 0.3) is 5.91 Å². The smallest absolute Gasteiger partial charge is 0.251 e. The first-order chi connectivity index (χ1) is 13.9. The van der Waals surface area contributed by atoms with Gasteiger partial charge >= 0.3 is 0 Å². The number of nitrogens with one attached hydrogen (secondary N) is 3. The molecule has 0 aliphatic heterocycles. The zero-order valence-electron chi connectivity index (χ0n) is 18.0. The molecular formula is C22H29N3O4S. The van der Waals surface area contributed by atoms with Crippen LogP contribution in [-0.4, -0.2) is 33.3 Å². The number of hydrogen-bond acceptors (Lipinski definition) is 4. The summed E-state index contributed by atoms with van der Waals surface area (Å²) in [7, 11) is -3.65. The molecule has 0 radical (unpaired) electrons. The SMILES string of the molecule is Cc1ccc(C)c(S(=O)(=O)NCCNC(=O)c2ccc(NC(=O)C(C)(C)C)cc2)c1. The summed E-state index contributed by atoms with van der Waals surface area (Å²) in [4.78, 5) is 24.5. The molecule has 0 saturated heterocycles. The average molecular weight is 432 g/mol. The molecule has 0 aliphatic rings. The van der Waals surface area contributed by atoms with Crippen molar-refractivity contribution in [3.05, 3.63) is 59.2 Å². The highest BCUT2D eigenvalue weighted by Crippen LogP contribution is 2.18. The predicted octanol–water partition coefficient (Wildman–Crippen LogP) is 3.00. The van der Waals surface area contributed by atoms with Crippen molar-refractivity contribution in [3.8, 4) is 0 Å². The molecule has 0 bridgehead atoms. The van der Waals surface area contributed by atoms with Crippen molar-refractivity contribution in [2.45, 2.75) is 39.5 Å². The van der Waals surface area contributed by atoms with E-state index >= 15 is 0 Å². The minimum Gasteiger partial charge on any atom is -0.351 e. The summed E-state index contributed by atoms with van der Waals surface area (Å²) in [6, 6.07) is 11.8. The van der Waals surface area contributed by atoms with Crippen LogP contribution in [0.25, 0.3) is 0 Å². The molecule has 0 aliphatic carbocycles.